The lowest BCUT2D eigenvalue weighted by Gasteiger charge is -1.98. The molecule has 0 aromatic carbocycles. The van der Waals surface area contributed by atoms with Gasteiger partial charge in [-0.05, 0) is 6.42 Å². The number of aliphatic carboxylic acids is 1. The summed E-state index contributed by atoms with van der Waals surface area (Å²) in [6, 6.07) is 0. The second-order valence-corrected chi connectivity index (χ2v) is 10.4. The molecule has 0 aliphatic carbocycles. The minimum Gasteiger partial charge on any atom is -0.481 e. The van der Waals surface area contributed by atoms with Crippen LogP contribution in [-0.2, 0) is 4.79 Å². The minimum atomic E-state index is -0.954. The van der Waals surface area contributed by atoms with E-state index in [1.54, 1.807) is 0 Å². The fourth-order valence-electron chi connectivity index (χ4n) is 1.64. The third kappa shape index (κ3) is 98.2. The van der Waals surface area contributed by atoms with Crippen LogP contribution in [0.4, 0.5) is 0 Å². The van der Waals surface area contributed by atoms with E-state index < -0.39 is 48.7 Å². The van der Waals surface area contributed by atoms with Crippen molar-refractivity contribution in [2.45, 2.75) is 101 Å². The van der Waals surface area contributed by atoms with Gasteiger partial charge in [0.2, 0.25) is 0 Å². The Balaban J connectivity index is -0.0000000760. The molecule has 0 aliphatic heterocycles. The van der Waals surface area contributed by atoms with Crippen LogP contribution in [0.5, 0.6) is 0 Å². The molecule has 0 saturated carbocycles. The van der Waals surface area contributed by atoms with Crippen LogP contribution in [0.25, 0.3) is 0 Å². The largest absolute Gasteiger partial charge is 0.481 e. The summed E-state index contributed by atoms with van der Waals surface area (Å²) in [5, 5.41) is 176. The van der Waals surface area contributed by atoms with Crippen molar-refractivity contribution >= 4 is 5.97 Å². The first-order valence-electron chi connectivity index (χ1n) is 16.9. The molecule has 338 valence electrons. The van der Waals surface area contributed by atoms with E-state index in [0.29, 0.717) is 6.42 Å². The molecule has 0 spiro atoms. The summed E-state index contributed by atoms with van der Waals surface area (Å²) in [4.78, 5) is 10.1. The van der Waals surface area contributed by atoms with Crippen LogP contribution in [0.3, 0.4) is 0 Å². The summed E-state index contributed by atoms with van der Waals surface area (Å²) < 4.78 is 0. The number of aliphatic hydroxyl groups excluding tert-OH is 21. The van der Waals surface area contributed by atoms with Gasteiger partial charge in [-0.15, -0.1) is 0 Å². The Bertz CT molecular complexity index is 473. The van der Waals surface area contributed by atoms with Crippen molar-refractivity contribution < 1.29 is 117 Å². The third-order valence-electron chi connectivity index (χ3n) is 4.94. The van der Waals surface area contributed by atoms with E-state index in [1.165, 1.54) is 32.1 Å². The van der Waals surface area contributed by atoms with Crippen molar-refractivity contribution in [3.63, 3.8) is 0 Å². The Kier molecular flexibility index (Phi) is 86.7. The zero-order valence-electron chi connectivity index (χ0n) is 31.3. The number of rotatable bonds is 22. The van der Waals surface area contributed by atoms with Gasteiger partial charge in [-0.3, -0.25) is 4.79 Å². The molecule has 0 heterocycles. The fourth-order valence-corrected chi connectivity index (χ4v) is 1.64. The van der Waals surface area contributed by atoms with E-state index in [9.17, 15) is 4.79 Å². The van der Waals surface area contributed by atoms with Crippen LogP contribution >= 0.6 is 0 Å². The van der Waals surface area contributed by atoms with Gasteiger partial charge >= 0.3 is 5.97 Å². The highest BCUT2D eigenvalue weighted by Gasteiger charge is 1.98. The lowest BCUT2D eigenvalue weighted by Crippen LogP contribution is -2.15. The van der Waals surface area contributed by atoms with Gasteiger partial charge in [0.15, 0.2) is 0 Å². The number of hydrogen-bond acceptors (Lipinski definition) is 22. The summed E-state index contributed by atoms with van der Waals surface area (Å²) >= 11 is 0. The maximum absolute atomic E-state index is 10.1. The molecule has 0 aliphatic rings. The molecule has 23 nitrogen and oxygen atoms in total. The minimum absolute atomic E-state index is 0.341. The fraction of sp³-hybridized carbons (Fsp3) is 0.968. The molecule has 0 atom stereocenters. The summed E-state index contributed by atoms with van der Waals surface area (Å²) in [6.07, 6.45) is 1.97. The molecule has 54 heavy (non-hydrogen) atoms. The second-order valence-electron chi connectivity index (χ2n) is 10.4. The smallest absolute Gasteiger partial charge is 0.303 e. The number of unbranched alkanes of at least 4 members (excludes halogenated alkanes) is 6. The van der Waals surface area contributed by atoms with Gasteiger partial charge in [-0.2, -0.15) is 0 Å². The molecular formula is C31H76O23. The summed E-state index contributed by atoms with van der Waals surface area (Å²) in [7, 11) is 0. The average Bonchev–Trinajstić information content (AvgIpc) is 3.22. The summed E-state index contributed by atoms with van der Waals surface area (Å²) in [6.45, 7) is -2.91. The van der Waals surface area contributed by atoms with Crippen LogP contribution in [0.15, 0.2) is 0 Å². The van der Waals surface area contributed by atoms with Crippen molar-refractivity contribution in [1.82, 2.24) is 0 Å². The standard InChI is InChI=1S/C10H20O2.7C3H8O3/c1-2-3-4-5-6-7-8-9-10(11)12;7*4-1-3(6)2-5/h2-9H2,1H3,(H,11,12);7*3-6H,1-2H2. The number of carboxylic acid groups (broad SMARTS) is 1. The monoisotopic (exact) mass is 816 g/mol. The molecule has 0 unspecified atom stereocenters. The predicted molar refractivity (Wildman–Crippen MR) is 191 cm³/mol. The van der Waals surface area contributed by atoms with Gasteiger partial charge in [-0.25, -0.2) is 0 Å². The maximum atomic E-state index is 10.1. The molecule has 0 aromatic rings. The molecule has 0 amide bonds. The zero-order chi connectivity index (χ0) is 44.2. The molecule has 0 rings (SSSR count). The quantitative estimate of drug-likeness (QED) is 0.0451. The summed E-state index contributed by atoms with van der Waals surface area (Å²) in [5.41, 5.74) is 0. The van der Waals surface area contributed by atoms with Gasteiger partial charge in [0.05, 0.1) is 92.5 Å². The molecule has 0 saturated heterocycles. The molecule has 0 radical (unpaired) electrons. The van der Waals surface area contributed by atoms with Crippen molar-refractivity contribution in [1.29, 1.82) is 0 Å². The number of carboxylic acids is 1. The Morgan fingerprint density at radius 1 is 0.315 bits per heavy atom. The highest BCUT2D eigenvalue weighted by atomic mass is 16.4. The number of carbonyl (C=O) groups is 1. The molecular weight excluding hydrogens is 740 g/mol. The van der Waals surface area contributed by atoms with Gasteiger partial charge in [0.25, 0.3) is 0 Å². The third-order valence-corrected chi connectivity index (χ3v) is 4.94. The van der Waals surface area contributed by atoms with E-state index in [4.69, 9.17) is 112 Å². The normalized spacial score (nSPS) is 10.0. The van der Waals surface area contributed by atoms with E-state index in [-0.39, 0.29) is 92.5 Å². The highest BCUT2D eigenvalue weighted by Crippen LogP contribution is 2.07. The lowest BCUT2D eigenvalue weighted by molar-refractivity contribution is -0.137. The van der Waals surface area contributed by atoms with E-state index >= 15 is 0 Å². The Hall–Kier alpha value is -1.37. The van der Waals surface area contributed by atoms with E-state index in [0.717, 1.165) is 12.8 Å². The van der Waals surface area contributed by atoms with Crippen molar-refractivity contribution in [3.05, 3.63) is 0 Å². The van der Waals surface area contributed by atoms with E-state index in [1.807, 2.05) is 0 Å². The summed E-state index contributed by atoms with van der Waals surface area (Å²) in [5.74, 6) is -0.663. The van der Waals surface area contributed by atoms with Crippen LogP contribution < -0.4 is 0 Å². The first-order valence-corrected chi connectivity index (χ1v) is 16.9. The van der Waals surface area contributed by atoms with Crippen LogP contribution in [-0.4, -0.2) is 254 Å². The van der Waals surface area contributed by atoms with Gasteiger partial charge in [0, 0.05) is 6.42 Å². The van der Waals surface area contributed by atoms with Crippen LogP contribution in [0.1, 0.15) is 58.3 Å². The van der Waals surface area contributed by atoms with Gasteiger partial charge < -0.3 is 112 Å². The van der Waals surface area contributed by atoms with Crippen LogP contribution in [0.2, 0.25) is 0 Å². The first kappa shape index (κ1) is 70.4. The topological polar surface area (TPSA) is 462 Å². The van der Waals surface area contributed by atoms with Crippen molar-refractivity contribution in [2.24, 2.45) is 0 Å². The zero-order valence-corrected chi connectivity index (χ0v) is 31.3. The Morgan fingerprint density at radius 3 is 0.574 bits per heavy atom. The number of aliphatic hydroxyl groups is 21. The highest BCUT2D eigenvalue weighted by molar-refractivity contribution is 5.66. The van der Waals surface area contributed by atoms with Crippen molar-refractivity contribution in [2.75, 3.05) is 92.5 Å². The SMILES string of the molecule is CCCCCCCCCC(=O)O.OCC(O)CO.OCC(O)CO.OCC(O)CO.OCC(O)CO.OCC(O)CO.OCC(O)CO.OCC(O)CO. The van der Waals surface area contributed by atoms with E-state index in [2.05, 4.69) is 6.92 Å². The maximum Gasteiger partial charge on any atom is 0.303 e. The van der Waals surface area contributed by atoms with Gasteiger partial charge in [0.1, 0.15) is 42.7 Å². The second kappa shape index (κ2) is 66.4. The molecule has 0 fully saturated rings. The molecule has 0 aromatic heterocycles. The number of hydrogen-bond donors (Lipinski definition) is 22. The van der Waals surface area contributed by atoms with Crippen LogP contribution in [0, 0.1) is 0 Å². The molecule has 22 N–H and O–H groups in total. The Morgan fingerprint density at radius 2 is 0.463 bits per heavy atom. The first-order chi connectivity index (χ1) is 25.4. The average molecular weight is 817 g/mol. The van der Waals surface area contributed by atoms with Crippen molar-refractivity contribution in [3.8, 4) is 0 Å². The molecule has 0 bridgehead atoms. The Labute approximate surface area is 316 Å². The lowest BCUT2D eigenvalue weighted by atomic mass is 10.1. The van der Waals surface area contributed by atoms with Gasteiger partial charge in [-0.1, -0.05) is 45.4 Å². The molecule has 23 heteroatoms. The predicted octanol–water partition coefficient (Wildman–Crippen LogP) is -8.47.